The summed E-state index contributed by atoms with van der Waals surface area (Å²) in [5.74, 6) is -2.60. The zero-order valence-electron chi connectivity index (χ0n) is 19.2. The van der Waals surface area contributed by atoms with Gasteiger partial charge in [-0.3, -0.25) is 9.59 Å². The van der Waals surface area contributed by atoms with Crippen molar-refractivity contribution >= 4 is 11.9 Å². The third kappa shape index (κ3) is 4.12. The molecule has 6 nitrogen and oxygen atoms in total. The summed E-state index contributed by atoms with van der Waals surface area (Å²) in [5.41, 5.74) is 8.18. The van der Waals surface area contributed by atoms with E-state index in [4.69, 9.17) is 16.1 Å². The lowest BCUT2D eigenvalue weighted by Crippen LogP contribution is -2.40. The molecule has 2 bridgehead atoms. The van der Waals surface area contributed by atoms with Crippen LogP contribution in [0.1, 0.15) is 40.7 Å². The molecule has 36 heavy (non-hydrogen) atoms. The zero-order chi connectivity index (χ0) is 25.6. The normalized spacial score (nSPS) is 20.4. The van der Waals surface area contributed by atoms with Gasteiger partial charge in [0.2, 0.25) is 0 Å². The van der Waals surface area contributed by atoms with Gasteiger partial charge in [0, 0.05) is 29.3 Å². The molecule has 0 aliphatic carbocycles. The Labute approximate surface area is 206 Å². The van der Waals surface area contributed by atoms with E-state index in [9.17, 15) is 14.0 Å². The number of benzene rings is 3. The highest BCUT2D eigenvalue weighted by Crippen LogP contribution is 2.40. The molecule has 2 heterocycles. The Morgan fingerprint density at radius 3 is 2.39 bits per heavy atom. The highest BCUT2D eigenvalue weighted by atomic mass is 19.1. The molecule has 2 saturated heterocycles. The van der Waals surface area contributed by atoms with Crippen molar-refractivity contribution in [2.45, 2.75) is 43.8 Å². The number of carboxylic acids is 1. The van der Waals surface area contributed by atoms with Gasteiger partial charge >= 0.3 is 5.97 Å². The van der Waals surface area contributed by atoms with Crippen molar-refractivity contribution in [3.05, 3.63) is 82.9 Å². The van der Waals surface area contributed by atoms with E-state index in [0.29, 0.717) is 27.8 Å². The first-order valence-corrected chi connectivity index (χ1v) is 11.7. The van der Waals surface area contributed by atoms with E-state index in [2.05, 4.69) is 0 Å². The Balaban J connectivity index is 1.61. The average Bonchev–Trinajstić information content (AvgIpc) is 3.40. The molecule has 8 heteroatoms. The minimum Gasteiger partial charge on any atom is -0.481 e. The van der Waals surface area contributed by atoms with Crippen LogP contribution in [0.25, 0.3) is 22.3 Å². The molecule has 3 aromatic carbocycles. The molecule has 2 fully saturated rings. The number of halogens is 2. The number of rotatable bonds is 5. The summed E-state index contributed by atoms with van der Waals surface area (Å²) in [6.07, 6.45) is 2.20. The number of nitrogens with two attached hydrogens (primary N) is 1. The molecule has 2 aliphatic rings. The number of carbonyl (C=O) groups is 2. The van der Waals surface area contributed by atoms with E-state index < -0.39 is 17.6 Å². The summed E-state index contributed by atoms with van der Waals surface area (Å²) in [7, 11) is 0. The van der Waals surface area contributed by atoms with Gasteiger partial charge in [0.15, 0.2) is 0 Å². The standard InChI is InChI=1S/C28H23F2N3O3/c29-23-12-16(2-3-18(23)14-31)22-11-17(28(36)33-19-5-8-26(33)25(32)13-19)4-7-20(22)21-6-1-15(9-24(21)30)10-27(34)35/h1-4,6-7,9,11-12,19,25-26H,5,8,10,13,32H2,(H,34,35)/t19-,25+,26+/m1/s1. The third-order valence-corrected chi connectivity index (χ3v) is 7.17. The van der Waals surface area contributed by atoms with Gasteiger partial charge in [-0.25, -0.2) is 8.78 Å². The average molecular weight is 488 g/mol. The number of aliphatic carboxylic acids is 1. The Bertz CT molecular complexity index is 1430. The smallest absolute Gasteiger partial charge is 0.307 e. The lowest BCUT2D eigenvalue weighted by atomic mass is 9.91. The fraction of sp³-hybridized carbons (Fsp3) is 0.250. The van der Waals surface area contributed by atoms with Gasteiger partial charge in [0.1, 0.15) is 17.7 Å². The number of carboxylic acid groups (broad SMARTS) is 1. The summed E-state index contributed by atoms with van der Waals surface area (Å²) >= 11 is 0. The maximum absolute atomic E-state index is 15.1. The molecule has 3 aromatic rings. The van der Waals surface area contributed by atoms with Crippen molar-refractivity contribution in [2.75, 3.05) is 0 Å². The van der Waals surface area contributed by atoms with Crippen molar-refractivity contribution in [2.24, 2.45) is 5.73 Å². The van der Waals surface area contributed by atoms with Crippen molar-refractivity contribution in [1.29, 1.82) is 5.26 Å². The van der Waals surface area contributed by atoms with E-state index in [-0.39, 0.29) is 41.6 Å². The quantitative estimate of drug-likeness (QED) is 0.551. The number of fused-ring (bicyclic) bond motifs is 2. The summed E-state index contributed by atoms with van der Waals surface area (Å²) in [6.45, 7) is 0. The topological polar surface area (TPSA) is 107 Å². The van der Waals surface area contributed by atoms with Crippen LogP contribution >= 0.6 is 0 Å². The molecular formula is C28H23F2N3O3. The van der Waals surface area contributed by atoms with Crippen LogP contribution in [0.2, 0.25) is 0 Å². The third-order valence-electron chi connectivity index (χ3n) is 7.17. The number of amides is 1. The Kier molecular flexibility index (Phi) is 6.02. The number of hydrogen-bond acceptors (Lipinski definition) is 4. The molecule has 3 atom stereocenters. The predicted molar refractivity (Wildman–Crippen MR) is 129 cm³/mol. The number of carbonyl (C=O) groups excluding carboxylic acids is 1. The summed E-state index contributed by atoms with van der Waals surface area (Å²) in [5, 5.41) is 18.1. The maximum Gasteiger partial charge on any atom is 0.307 e. The second kappa shape index (κ2) is 9.17. The van der Waals surface area contributed by atoms with Gasteiger partial charge in [-0.2, -0.15) is 5.26 Å². The highest BCUT2D eigenvalue weighted by molar-refractivity contribution is 5.98. The predicted octanol–water partition coefficient (Wildman–Crippen LogP) is 4.50. The Hall–Kier alpha value is -4.09. The van der Waals surface area contributed by atoms with Crippen LogP contribution in [0.5, 0.6) is 0 Å². The lowest BCUT2D eigenvalue weighted by Gasteiger charge is -2.24. The largest absolute Gasteiger partial charge is 0.481 e. The molecular weight excluding hydrogens is 464 g/mol. The van der Waals surface area contributed by atoms with E-state index in [1.54, 1.807) is 30.3 Å². The molecule has 5 rings (SSSR count). The summed E-state index contributed by atoms with van der Waals surface area (Å²) < 4.78 is 29.7. The minimum absolute atomic E-state index is 0.0165. The number of nitriles is 1. The molecule has 0 spiro atoms. The van der Waals surface area contributed by atoms with Crippen molar-refractivity contribution in [1.82, 2.24) is 4.90 Å². The SMILES string of the molecule is N#Cc1ccc(-c2cc(C(=O)N3[C@@H]4CC[C@H]3[C@@H](N)C4)ccc2-c2ccc(CC(=O)O)cc2F)cc1F. The molecule has 182 valence electrons. The Morgan fingerprint density at radius 1 is 1.00 bits per heavy atom. The van der Waals surface area contributed by atoms with E-state index in [1.165, 1.54) is 24.3 Å². The zero-order valence-corrected chi connectivity index (χ0v) is 19.2. The van der Waals surface area contributed by atoms with Crippen molar-refractivity contribution < 1.29 is 23.5 Å². The second-order valence-electron chi connectivity index (χ2n) is 9.36. The first-order valence-electron chi connectivity index (χ1n) is 11.7. The van der Waals surface area contributed by atoms with E-state index in [0.717, 1.165) is 25.3 Å². The van der Waals surface area contributed by atoms with Crippen molar-refractivity contribution in [3.8, 4) is 28.3 Å². The van der Waals surface area contributed by atoms with Gasteiger partial charge < -0.3 is 15.7 Å². The molecule has 0 radical (unpaired) electrons. The second-order valence-corrected chi connectivity index (χ2v) is 9.36. The van der Waals surface area contributed by atoms with Crippen LogP contribution in [0, 0.1) is 23.0 Å². The molecule has 2 aliphatic heterocycles. The van der Waals surface area contributed by atoms with Gasteiger partial charge in [0.25, 0.3) is 5.91 Å². The van der Waals surface area contributed by atoms with Crippen LogP contribution in [0.15, 0.2) is 54.6 Å². The fourth-order valence-electron chi connectivity index (χ4n) is 5.49. The van der Waals surface area contributed by atoms with Crippen molar-refractivity contribution in [3.63, 3.8) is 0 Å². The minimum atomic E-state index is -1.07. The van der Waals surface area contributed by atoms with Crippen LogP contribution in [-0.2, 0) is 11.2 Å². The number of hydrogen-bond donors (Lipinski definition) is 2. The van der Waals surface area contributed by atoms with Gasteiger partial charge in [-0.1, -0.05) is 24.3 Å². The van der Waals surface area contributed by atoms with Crippen LogP contribution in [0.3, 0.4) is 0 Å². The molecule has 3 N–H and O–H groups in total. The first-order chi connectivity index (χ1) is 17.3. The monoisotopic (exact) mass is 487 g/mol. The Morgan fingerprint density at radius 2 is 1.78 bits per heavy atom. The summed E-state index contributed by atoms with van der Waals surface area (Å²) in [4.78, 5) is 26.3. The molecule has 1 amide bonds. The van der Waals surface area contributed by atoms with Crippen LogP contribution in [-0.4, -0.2) is 40.0 Å². The van der Waals surface area contributed by atoms with E-state index >= 15 is 4.39 Å². The number of nitrogens with zero attached hydrogens (tertiary/aromatic N) is 2. The van der Waals surface area contributed by atoms with Crippen LogP contribution in [0.4, 0.5) is 8.78 Å². The highest BCUT2D eigenvalue weighted by Gasteiger charge is 2.47. The van der Waals surface area contributed by atoms with Gasteiger partial charge in [-0.05, 0) is 71.8 Å². The maximum atomic E-state index is 15.1. The fourth-order valence-corrected chi connectivity index (χ4v) is 5.49. The van der Waals surface area contributed by atoms with Gasteiger partial charge in [0.05, 0.1) is 12.0 Å². The molecule has 0 aromatic heterocycles. The first kappa shape index (κ1) is 23.6. The van der Waals surface area contributed by atoms with E-state index in [1.807, 2.05) is 4.90 Å². The molecule has 0 saturated carbocycles. The lowest BCUT2D eigenvalue weighted by molar-refractivity contribution is -0.136. The summed E-state index contributed by atoms with van der Waals surface area (Å²) in [6, 6.07) is 14.9. The van der Waals surface area contributed by atoms with Crippen LogP contribution < -0.4 is 5.73 Å². The molecule has 0 unspecified atom stereocenters. The van der Waals surface area contributed by atoms with Gasteiger partial charge in [-0.15, -0.1) is 0 Å².